The van der Waals surface area contributed by atoms with Gasteiger partial charge in [0.25, 0.3) is 0 Å². The second-order valence-corrected chi connectivity index (χ2v) is 6.25. The van der Waals surface area contributed by atoms with Crippen LogP contribution >= 0.6 is 11.8 Å². The quantitative estimate of drug-likeness (QED) is 0.640. The van der Waals surface area contributed by atoms with Gasteiger partial charge in [-0.3, -0.25) is 0 Å². The fourth-order valence-electron chi connectivity index (χ4n) is 2.67. The molecule has 0 unspecified atom stereocenters. The fraction of sp³-hybridized carbons (Fsp3) is 0.714. The molecule has 1 fully saturated rings. The highest BCUT2D eigenvalue weighted by Gasteiger charge is 2.19. The largest absolute Gasteiger partial charge is 0.383 e. The minimum absolute atomic E-state index is 0.537. The Kier molecular flexibility index (Phi) is 5.48. The topological polar surface area (TPSA) is 58.3 Å². The summed E-state index contributed by atoms with van der Waals surface area (Å²) in [6.07, 6.45) is 7.41. The summed E-state index contributed by atoms with van der Waals surface area (Å²) >= 11 is 1.52. The van der Waals surface area contributed by atoms with Crippen molar-refractivity contribution in [3.8, 4) is 0 Å². The molecule has 20 heavy (non-hydrogen) atoms. The van der Waals surface area contributed by atoms with Crippen molar-refractivity contribution in [2.24, 2.45) is 0 Å². The maximum absolute atomic E-state index is 5.83. The van der Waals surface area contributed by atoms with Crippen molar-refractivity contribution in [2.45, 2.75) is 36.9 Å². The van der Waals surface area contributed by atoms with E-state index in [0.29, 0.717) is 5.82 Å². The minimum Gasteiger partial charge on any atom is -0.383 e. The molecule has 0 aromatic carbocycles. The summed E-state index contributed by atoms with van der Waals surface area (Å²) in [5, 5.41) is 0.732. The monoisotopic (exact) mass is 295 g/mol. The lowest BCUT2D eigenvalue weighted by atomic mass is 10.2. The summed E-state index contributed by atoms with van der Waals surface area (Å²) in [4.78, 5) is 13.3. The van der Waals surface area contributed by atoms with E-state index >= 15 is 0 Å². The van der Waals surface area contributed by atoms with Gasteiger partial charge in [0, 0.05) is 32.2 Å². The minimum atomic E-state index is 0.537. The molecule has 1 aromatic heterocycles. The smallest absolute Gasteiger partial charge is 0.191 e. The van der Waals surface area contributed by atoms with Gasteiger partial charge in [-0.05, 0) is 26.1 Å². The molecule has 1 saturated carbocycles. The van der Waals surface area contributed by atoms with Crippen molar-refractivity contribution < 1.29 is 0 Å². The van der Waals surface area contributed by atoms with Gasteiger partial charge in [-0.2, -0.15) is 0 Å². The zero-order valence-electron chi connectivity index (χ0n) is 12.7. The number of thioether (sulfide) groups is 1. The first-order valence-electron chi connectivity index (χ1n) is 7.20. The molecule has 112 valence electrons. The van der Waals surface area contributed by atoms with Crippen molar-refractivity contribution in [3.63, 3.8) is 0 Å². The van der Waals surface area contributed by atoms with Crippen LogP contribution in [-0.4, -0.2) is 54.4 Å². The van der Waals surface area contributed by atoms with E-state index in [4.69, 9.17) is 5.73 Å². The molecule has 0 bridgehead atoms. The van der Waals surface area contributed by atoms with Crippen molar-refractivity contribution in [3.05, 3.63) is 6.07 Å². The second-order valence-electron chi connectivity index (χ2n) is 5.48. The summed E-state index contributed by atoms with van der Waals surface area (Å²) in [5.41, 5.74) is 5.83. The highest BCUT2D eigenvalue weighted by atomic mass is 32.2. The van der Waals surface area contributed by atoms with E-state index in [1.165, 1.54) is 37.4 Å². The first-order valence-corrected chi connectivity index (χ1v) is 8.42. The standard InChI is InChI=1S/C14H25N5S/c1-18(11-6-4-5-7-11)8-9-19(2)13-10-12(15)16-14(17-13)20-3/h10-11H,4-9H2,1-3H3,(H2,15,16,17). The number of likely N-dealkylation sites (N-methyl/N-ethyl adjacent to an activating group) is 2. The molecule has 0 spiro atoms. The van der Waals surface area contributed by atoms with Crippen LogP contribution in [0.15, 0.2) is 11.2 Å². The van der Waals surface area contributed by atoms with Crippen LogP contribution < -0.4 is 10.6 Å². The van der Waals surface area contributed by atoms with Gasteiger partial charge in [0.05, 0.1) is 0 Å². The van der Waals surface area contributed by atoms with E-state index in [1.807, 2.05) is 12.3 Å². The predicted octanol–water partition coefficient (Wildman–Crippen LogP) is 2.09. The normalized spacial score (nSPS) is 16.0. The van der Waals surface area contributed by atoms with Crippen LogP contribution in [0.4, 0.5) is 11.6 Å². The van der Waals surface area contributed by atoms with Crippen molar-refractivity contribution in [2.75, 3.05) is 44.1 Å². The van der Waals surface area contributed by atoms with E-state index in [-0.39, 0.29) is 0 Å². The van der Waals surface area contributed by atoms with E-state index < -0.39 is 0 Å². The van der Waals surface area contributed by atoms with Crippen LogP contribution in [-0.2, 0) is 0 Å². The molecule has 0 saturated heterocycles. The Balaban J connectivity index is 1.90. The van der Waals surface area contributed by atoms with Crippen LogP contribution in [0, 0.1) is 0 Å². The maximum atomic E-state index is 5.83. The third kappa shape index (κ3) is 3.99. The predicted molar refractivity (Wildman–Crippen MR) is 86.4 cm³/mol. The summed E-state index contributed by atoms with van der Waals surface area (Å²) in [7, 11) is 4.29. The number of nitrogens with zero attached hydrogens (tertiary/aromatic N) is 4. The number of hydrogen-bond acceptors (Lipinski definition) is 6. The van der Waals surface area contributed by atoms with Crippen LogP contribution in [0.2, 0.25) is 0 Å². The SMILES string of the molecule is CSc1nc(N)cc(N(C)CCN(C)C2CCCC2)n1. The maximum Gasteiger partial charge on any atom is 0.191 e. The third-order valence-corrected chi connectivity index (χ3v) is 4.57. The van der Waals surface area contributed by atoms with Gasteiger partial charge in [-0.1, -0.05) is 24.6 Å². The number of nitrogens with two attached hydrogens (primary N) is 1. The second kappa shape index (κ2) is 7.13. The Morgan fingerprint density at radius 2 is 1.95 bits per heavy atom. The Labute approximate surface area is 125 Å². The summed E-state index contributed by atoms with van der Waals surface area (Å²) in [5.74, 6) is 1.44. The molecular formula is C14H25N5S. The van der Waals surface area contributed by atoms with Gasteiger partial charge < -0.3 is 15.5 Å². The third-order valence-electron chi connectivity index (χ3n) is 4.02. The van der Waals surface area contributed by atoms with Gasteiger partial charge in [-0.25, -0.2) is 9.97 Å². The number of nitrogen functional groups attached to an aromatic ring is 1. The molecule has 0 radical (unpaired) electrons. The lowest BCUT2D eigenvalue weighted by Crippen LogP contribution is -2.36. The summed E-state index contributed by atoms with van der Waals surface area (Å²) in [6.45, 7) is 2.01. The molecule has 1 heterocycles. The molecule has 2 rings (SSSR count). The van der Waals surface area contributed by atoms with Crippen LogP contribution in [0.3, 0.4) is 0 Å². The number of rotatable bonds is 6. The van der Waals surface area contributed by atoms with Gasteiger partial charge in [-0.15, -0.1) is 0 Å². The molecule has 1 aliphatic rings. The van der Waals surface area contributed by atoms with Crippen molar-refractivity contribution in [1.82, 2.24) is 14.9 Å². The highest BCUT2D eigenvalue weighted by Crippen LogP contribution is 2.22. The molecule has 1 aromatic rings. The Morgan fingerprint density at radius 3 is 2.60 bits per heavy atom. The van der Waals surface area contributed by atoms with Gasteiger partial charge in [0.1, 0.15) is 11.6 Å². The van der Waals surface area contributed by atoms with Crippen LogP contribution in [0.25, 0.3) is 0 Å². The van der Waals surface area contributed by atoms with E-state index in [1.54, 1.807) is 0 Å². The molecule has 0 atom stereocenters. The van der Waals surface area contributed by atoms with Crippen molar-refractivity contribution >= 4 is 23.4 Å². The summed E-state index contributed by atoms with van der Waals surface area (Å²) in [6, 6.07) is 2.61. The van der Waals surface area contributed by atoms with Gasteiger partial charge >= 0.3 is 0 Å². The van der Waals surface area contributed by atoms with E-state index in [0.717, 1.165) is 30.1 Å². The van der Waals surface area contributed by atoms with E-state index in [2.05, 4.69) is 33.9 Å². The molecule has 5 nitrogen and oxygen atoms in total. The molecule has 0 aliphatic heterocycles. The van der Waals surface area contributed by atoms with Crippen LogP contribution in [0.5, 0.6) is 0 Å². The zero-order valence-corrected chi connectivity index (χ0v) is 13.5. The zero-order chi connectivity index (χ0) is 14.5. The first-order chi connectivity index (χ1) is 9.60. The Bertz CT molecular complexity index is 434. The number of hydrogen-bond donors (Lipinski definition) is 1. The average molecular weight is 295 g/mol. The van der Waals surface area contributed by atoms with Gasteiger partial charge in [0.2, 0.25) is 0 Å². The lowest BCUT2D eigenvalue weighted by molar-refractivity contribution is 0.251. The molecule has 0 amide bonds. The molecular weight excluding hydrogens is 270 g/mol. The highest BCUT2D eigenvalue weighted by molar-refractivity contribution is 7.98. The Hall–Kier alpha value is -1.01. The molecule has 1 aliphatic carbocycles. The number of anilines is 2. The molecule has 2 N–H and O–H groups in total. The van der Waals surface area contributed by atoms with Crippen LogP contribution in [0.1, 0.15) is 25.7 Å². The van der Waals surface area contributed by atoms with E-state index in [9.17, 15) is 0 Å². The lowest BCUT2D eigenvalue weighted by Gasteiger charge is -2.27. The fourth-order valence-corrected chi connectivity index (χ4v) is 3.05. The first kappa shape index (κ1) is 15.4. The van der Waals surface area contributed by atoms with Gasteiger partial charge in [0.15, 0.2) is 5.16 Å². The number of aromatic nitrogens is 2. The average Bonchev–Trinajstić information content (AvgIpc) is 2.97. The van der Waals surface area contributed by atoms with Crippen molar-refractivity contribution in [1.29, 1.82) is 0 Å². The Morgan fingerprint density at radius 1 is 1.25 bits per heavy atom. The summed E-state index contributed by atoms with van der Waals surface area (Å²) < 4.78 is 0. The molecule has 6 heteroatoms.